The van der Waals surface area contributed by atoms with Crippen LogP contribution in [0, 0.1) is 11.3 Å². The largest absolute Gasteiger partial charge is 0.573 e. The van der Waals surface area contributed by atoms with Crippen molar-refractivity contribution >= 4 is 10.0 Å². The summed E-state index contributed by atoms with van der Waals surface area (Å²) in [5.74, 6) is -0.505. The van der Waals surface area contributed by atoms with E-state index in [1.54, 1.807) is 0 Å². The summed E-state index contributed by atoms with van der Waals surface area (Å²) in [7, 11) is -3.60. The fourth-order valence-corrected chi connectivity index (χ4v) is 3.63. The van der Waals surface area contributed by atoms with Crippen LogP contribution in [-0.2, 0) is 10.0 Å². The van der Waals surface area contributed by atoms with Gasteiger partial charge >= 0.3 is 6.36 Å². The van der Waals surface area contributed by atoms with Gasteiger partial charge in [0.15, 0.2) is 0 Å². The fraction of sp³-hybridized carbons (Fsp3) is 0.286. The zero-order chi connectivity index (χ0) is 17.5. The smallest absolute Gasteiger partial charge is 0.406 e. The van der Waals surface area contributed by atoms with E-state index in [2.05, 4.69) is 9.84 Å². The SMILES string of the molecule is N#Cc1ccc(OC(F)(F)F)cc1-c1cnn(S(=O)(=O)C2CC2)c1. The van der Waals surface area contributed by atoms with Gasteiger partial charge in [-0.3, -0.25) is 0 Å². The maximum absolute atomic E-state index is 12.3. The molecule has 3 rings (SSSR count). The molecule has 1 aliphatic rings. The Morgan fingerprint density at radius 1 is 1.33 bits per heavy atom. The summed E-state index contributed by atoms with van der Waals surface area (Å²) in [5.41, 5.74) is 0.396. The summed E-state index contributed by atoms with van der Waals surface area (Å²) in [4.78, 5) is 0. The number of hydrogen-bond donors (Lipinski definition) is 0. The van der Waals surface area contributed by atoms with Crippen LogP contribution in [0.5, 0.6) is 5.75 Å². The maximum atomic E-state index is 12.3. The van der Waals surface area contributed by atoms with Crippen LogP contribution >= 0.6 is 0 Å². The van der Waals surface area contributed by atoms with E-state index < -0.39 is 27.4 Å². The minimum absolute atomic E-state index is 0.0768. The molecule has 0 radical (unpaired) electrons. The number of hydrogen-bond acceptors (Lipinski definition) is 5. The van der Waals surface area contributed by atoms with Gasteiger partial charge in [0.1, 0.15) is 5.75 Å². The number of nitrogens with zero attached hydrogens (tertiary/aromatic N) is 3. The van der Waals surface area contributed by atoms with Crippen molar-refractivity contribution in [2.24, 2.45) is 0 Å². The Morgan fingerprint density at radius 2 is 2.04 bits per heavy atom. The molecule has 0 saturated heterocycles. The minimum Gasteiger partial charge on any atom is -0.406 e. The lowest BCUT2D eigenvalue weighted by Gasteiger charge is -2.10. The average molecular weight is 357 g/mol. The Labute approximate surface area is 135 Å². The molecule has 126 valence electrons. The second-order valence-electron chi connectivity index (χ2n) is 5.21. The minimum atomic E-state index is -4.87. The predicted octanol–water partition coefficient (Wildman–Crippen LogP) is 2.66. The molecule has 0 aliphatic heterocycles. The van der Waals surface area contributed by atoms with Crippen molar-refractivity contribution in [2.45, 2.75) is 24.5 Å². The zero-order valence-electron chi connectivity index (χ0n) is 12.0. The van der Waals surface area contributed by atoms with Crippen LogP contribution in [0.1, 0.15) is 18.4 Å². The van der Waals surface area contributed by atoms with Gasteiger partial charge in [-0.2, -0.15) is 14.4 Å². The number of nitriles is 1. The van der Waals surface area contributed by atoms with Crippen molar-refractivity contribution < 1.29 is 26.3 Å². The number of alkyl halides is 3. The molecule has 0 unspecified atom stereocenters. The molecule has 0 spiro atoms. The number of rotatable bonds is 4. The first-order chi connectivity index (χ1) is 11.2. The Morgan fingerprint density at radius 3 is 2.62 bits per heavy atom. The van der Waals surface area contributed by atoms with Gasteiger partial charge in [0.25, 0.3) is 10.0 Å². The highest BCUT2D eigenvalue weighted by atomic mass is 32.2. The highest BCUT2D eigenvalue weighted by Crippen LogP contribution is 2.33. The molecular weight excluding hydrogens is 347 g/mol. The van der Waals surface area contributed by atoms with Crippen LogP contribution in [-0.4, -0.2) is 29.2 Å². The molecule has 0 bridgehead atoms. The van der Waals surface area contributed by atoms with Crippen LogP contribution in [0.4, 0.5) is 13.2 Å². The van der Waals surface area contributed by atoms with Gasteiger partial charge in [-0.15, -0.1) is 13.2 Å². The number of benzene rings is 1. The monoisotopic (exact) mass is 357 g/mol. The molecule has 1 fully saturated rings. The third-order valence-corrected chi connectivity index (χ3v) is 5.46. The lowest BCUT2D eigenvalue weighted by atomic mass is 10.0. The van der Waals surface area contributed by atoms with Crippen molar-refractivity contribution in [3.05, 3.63) is 36.2 Å². The lowest BCUT2D eigenvalue weighted by molar-refractivity contribution is -0.274. The summed E-state index contributed by atoms with van der Waals surface area (Å²) in [6.45, 7) is 0. The molecule has 1 aromatic carbocycles. The maximum Gasteiger partial charge on any atom is 0.573 e. The summed E-state index contributed by atoms with van der Waals surface area (Å²) >= 11 is 0. The highest BCUT2D eigenvalue weighted by molar-refractivity contribution is 7.90. The van der Waals surface area contributed by atoms with Crippen molar-refractivity contribution in [1.29, 1.82) is 5.26 Å². The van der Waals surface area contributed by atoms with E-state index in [1.165, 1.54) is 18.5 Å². The quantitative estimate of drug-likeness (QED) is 0.840. The molecule has 24 heavy (non-hydrogen) atoms. The van der Waals surface area contributed by atoms with Gasteiger partial charge in [-0.05, 0) is 31.0 Å². The van der Waals surface area contributed by atoms with E-state index >= 15 is 0 Å². The third-order valence-electron chi connectivity index (χ3n) is 3.42. The molecule has 1 aliphatic carbocycles. The number of ether oxygens (including phenoxy) is 1. The normalized spacial score (nSPS) is 15.1. The van der Waals surface area contributed by atoms with Gasteiger partial charge in [0, 0.05) is 11.1 Å². The van der Waals surface area contributed by atoms with Gasteiger partial charge < -0.3 is 4.74 Å². The lowest BCUT2D eigenvalue weighted by Crippen LogP contribution is -2.17. The summed E-state index contributed by atoms with van der Waals surface area (Å²) < 4.78 is 65.8. The summed E-state index contributed by atoms with van der Waals surface area (Å²) in [6.07, 6.45) is -1.40. The summed E-state index contributed by atoms with van der Waals surface area (Å²) in [5, 5.41) is 12.4. The van der Waals surface area contributed by atoms with E-state index in [4.69, 9.17) is 5.26 Å². The first-order valence-corrected chi connectivity index (χ1v) is 8.30. The van der Waals surface area contributed by atoms with Crippen LogP contribution in [0.25, 0.3) is 11.1 Å². The Hall–Kier alpha value is -2.54. The van der Waals surface area contributed by atoms with E-state index in [9.17, 15) is 21.6 Å². The van der Waals surface area contributed by atoms with E-state index in [-0.39, 0.29) is 16.7 Å². The molecule has 10 heteroatoms. The van der Waals surface area contributed by atoms with Crippen LogP contribution in [0.2, 0.25) is 0 Å². The first kappa shape index (κ1) is 16.3. The molecule has 2 aromatic rings. The predicted molar refractivity (Wildman–Crippen MR) is 76.4 cm³/mol. The first-order valence-electron chi connectivity index (χ1n) is 6.80. The second-order valence-corrected chi connectivity index (χ2v) is 7.28. The van der Waals surface area contributed by atoms with Gasteiger partial charge in [-0.1, -0.05) is 0 Å². The number of aromatic nitrogens is 2. The van der Waals surface area contributed by atoms with Gasteiger partial charge in [0.2, 0.25) is 0 Å². The standard InChI is InChI=1S/C14H10F3N3O3S/c15-14(16,17)23-11-2-1-9(6-18)13(5-11)10-7-19-20(8-10)24(21,22)12-3-4-12/h1-2,5,7-8,12H,3-4H2. The Balaban J connectivity index is 2.01. The topological polar surface area (TPSA) is 85.0 Å². The average Bonchev–Trinajstić information content (AvgIpc) is 3.23. The molecule has 0 atom stereocenters. The van der Waals surface area contributed by atoms with Crippen molar-refractivity contribution in [3.8, 4) is 22.9 Å². The molecule has 0 N–H and O–H groups in total. The van der Waals surface area contributed by atoms with E-state index in [1.807, 2.05) is 6.07 Å². The summed E-state index contributed by atoms with van der Waals surface area (Å²) in [6, 6.07) is 5.05. The van der Waals surface area contributed by atoms with Crippen LogP contribution in [0.15, 0.2) is 30.6 Å². The molecular formula is C14H10F3N3O3S. The van der Waals surface area contributed by atoms with Crippen LogP contribution in [0.3, 0.4) is 0 Å². The molecule has 6 nitrogen and oxygen atoms in total. The highest BCUT2D eigenvalue weighted by Gasteiger charge is 2.37. The molecule has 1 aromatic heterocycles. The van der Waals surface area contributed by atoms with E-state index in [0.29, 0.717) is 12.8 Å². The molecule has 0 amide bonds. The third kappa shape index (κ3) is 3.21. The number of halogens is 3. The zero-order valence-corrected chi connectivity index (χ0v) is 12.8. The van der Waals surface area contributed by atoms with Crippen LogP contribution < -0.4 is 4.74 Å². The van der Waals surface area contributed by atoms with E-state index in [0.717, 1.165) is 16.2 Å². The second kappa shape index (κ2) is 5.52. The van der Waals surface area contributed by atoms with Gasteiger partial charge in [-0.25, -0.2) is 8.42 Å². The fourth-order valence-electron chi connectivity index (χ4n) is 2.16. The van der Waals surface area contributed by atoms with Crippen molar-refractivity contribution in [3.63, 3.8) is 0 Å². The molecule has 1 saturated carbocycles. The Kier molecular flexibility index (Phi) is 3.76. The van der Waals surface area contributed by atoms with Crippen molar-refractivity contribution in [2.75, 3.05) is 0 Å². The van der Waals surface area contributed by atoms with Gasteiger partial charge in [0.05, 0.1) is 29.3 Å². The molecule has 1 heterocycles. The van der Waals surface area contributed by atoms with Crippen molar-refractivity contribution in [1.82, 2.24) is 9.19 Å². The Bertz CT molecular complexity index is 925.